The van der Waals surface area contributed by atoms with Gasteiger partial charge in [-0.2, -0.15) is 5.10 Å². The molecule has 0 saturated heterocycles. The van der Waals surface area contributed by atoms with Crippen molar-refractivity contribution in [1.82, 2.24) is 25.4 Å². The third-order valence-corrected chi connectivity index (χ3v) is 4.34. The number of aromatic nitrogens is 3. The number of furan rings is 1. The molecule has 3 rings (SSSR count). The molecule has 3 aromatic rings. The van der Waals surface area contributed by atoms with Crippen LogP contribution in [-0.4, -0.2) is 59.3 Å². The molecule has 10 heteroatoms. The van der Waals surface area contributed by atoms with E-state index in [1.807, 2.05) is 55.3 Å². The van der Waals surface area contributed by atoms with Gasteiger partial charge in [0.25, 0.3) is 0 Å². The Bertz CT molecular complexity index is 898. The lowest BCUT2D eigenvalue weighted by Gasteiger charge is -2.22. The van der Waals surface area contributed by atoms with E-state index >= 15 is 0 Å². The molecule has 2 heterocycles. The number of nitrogens with zero attached hydrogens (tertiary/aromatic N) is 4. The predicted molar refractivity (Wildman–Crippen MR) is 129 cm³/mol. The highest BCUT2D eigenvalue weighted by Gasteiger charge is 2.09. The van der Waals surface area contributed by atoms with Crippen LogP contribution in [0.2, 0.25) is 5.02 Å². The molecule has 2 aromatic heterocycles. The minimum Gasteiger partial charge on any atom is -0.492 e. The standard InChI is InChI=1S/C20H25ClN6O2.HI/c1-3-22-20(27(2)12-14-28-16-8-6-15(21)7-9-16)23-11-10-18-24-19(26-25-18)17-5-4-13-29-17;/h4-9,13H,3,10-12,14H2,1-2H3,(H,22,23)(H,24,25,26);1H. The Morgan fingerprint density at radius 3 is 2.80 bits per heavy atom. The maximum absolute atomic E-state index is 5.89. The van der Waals surface area contributed by atoms with Crippen LogP contribution in [0.5, 0.6) is 5.75 Å². The van der Waals surface area contributed by atoms with Gasteiger partial charge in [0.05, 0.1) is 12.8 Å². The second kappa shape index (κ2) is 12.4. The van der Waals surface area contributed by atoms with Crippen molar-refractivity contribution in [1.29, 1.82) is 0 Å². The van der Waals surface area contributed by atoms with Crippen LogP contribution in [0.1, 0.15) is 12.7 Å². The monoisotopic (exact) mass is 544 g/mol. The summed E-state index contributed by atoms with van der Waals surface area (Å²) < 4.78 is 11.1. The van der Waals surface area contributed by atoms with Crippen molar-refractivity contribution in [2.24, 2.45) is 4.99 Å². The Hall–Kier alpha value is -2.27. The smallest absolute Gasteiger partial charge is 0.216 e. The van der Waals surface area contributed by atoms with E-state index in [0.717, 1.165) is 24.1 Å². The summed E-state index contributed by atoms with van der Waals surface area (Å²) in [5.41, 5.74) is 0. The van der Waals surface area contributed by atoms with Crippen LogP contribution in [0.4, 0.5) is 0 Å². The first kappa shape index (κ1) is 24.0. The van der Waals surface area contributed by atoms with E-state index in [-0.39, 0.29) is 24.0 Å². The average molecular weight is 545 g/mol. The molecule has 0 spiro atoms. The van der Waals surface area contributed by atoms with Gasteiger partial charge in [0, 0.05) is 31.6 Å². The summed E-state index contributed by atoms with van der Waals surface area (Å²) in [6.07, 6.45) is 2.25. The highest BCUT2D eigenvalue weighted by atomic mass is 127. The normalized spacial score (nSPS) is 11.1. The number of hydrogen-bond acceptors (Lipinski definition) is 5. The van der Waals surface area contributed by atoms with Gasteiger partial charge in [-0.05, 0) is 43.3 Å². The summed E-state index contributed by atoms with van der Waals surface area (Å²) in [6.45, 7) is 4.64. The minimum atomic E-state index is 0. The first-order valence-corrected chi connectivity index (χ1v) is 9.86. The molecule has 2 N–H and O–H groups in total. The molecule has 1 aromatic carbocycles. The van der Waals surface area contributed by atoms with Gasteiger partial charge in [-0.3, -0.25) is 10.1 Å². The van der Waals surface area contributed by atoms with E-state index in [1.54, 1.807) is 6.26 Å². The first-order chi connectivity index (χ1) is 14.2. The van der Waals surface area contributed by atoms with Crippen LogP contribution in [0.25, 0.3) is 11.6 Å². The molecule has 0 atom stereocenters. The van der Waals surface area contributed by atoms with Crippen molar-refractivity contribution in [3.05, 3.63) is 53.5 Å². The number of aromatic amines is 1. The van der Waals surface area contributed by atoms with Gasteiger partial charge in [-0.1, -0.05) is 11.6 Å². The summed E-state index contributed by atoms with van der Waals surface area (Å²) in [4.78, 5) is 11.1. The lowest BCUT2D eigenvalue weighted by molar-refractivity contribution is 0.281. The van der Waals surface area contributed by atoms with Crippen molar-refractivity contribution in [2.45, 2.75) is 13.3 Å². The van der Waals surface area contributed by atoms with E-state index in [2.05, 4.69) is 25.5 Å². The Morgan fingerprint density at radius 1 is 1.30 bits per heavy atom. The third-order valence-electron chi connectivity index (χ3n) is 4.09. The number of rotatable bonds is 9. The summed E-state index contributed by atoms with van der Waals surface area (Å²) in [5, 5.41) is 11.1. The van der Waals surface area contributed by atoms with Crippen LogP contribution >= 0.6 is 35.6 Å². The van der Waals surface area contributed by atoms with Crippen molar-refractivity contribution in [2.75, 3.05) is 33.3 Å². The Morgan fingerprint density at radius 2 is 2.10 bits per heavy atom. The van der Waals surface area contributed by atoms with E-state index in [4.69, 9.17) is 20.8 Å². The molecule has 162 valence electrons. The number of aliphatic imine (C=N–C) groups is 1. The van der Waals surface area contributed by atoms with Gasteiger partial charge in [0.1, 0.15) is 18.2 Å². The number of benzene rings is 1. The number of nitrogens with one attached hydrogen (secondary N) is 2. The van der Waals surface area contributed by atoms with E-state index in [1.165, 1.54) is 0 Å². The van der Waals surface area contributed by atoms with E-state index in [9.17, 15) is 0 Å². The fraction of sp³-hybridized carbons (Fsp3) is 0.350. The van der Waals surface area contributed by atoms with Gasteiger partial charge in [0.15, 0.2) is 11.7 Å². The molecule has 30 heavy (non-hydrogen) atoms. The molecule has 0 radical (unpaired) electrons. The molecule has 0 fully saturated rings. The number of H-pyrrole nitrogens is 1. The lowest BCUT2D eigenvalue weighted by Crippen LogP contribution is -2.41. The van der Waals surface area contributed by atoms with Gasteiger partial charge in [0.2, 0.25) is 5.82 Å². The second-order valence-corrected chi connectivity index (χ2v) is 6.73. The van der Waals surface area contributed by atoms with Crippen LogP contribution in [0.3, 0.4) is 0 Å². The Labute approximate surface area is 198 Å². The molecule has 0 aliphatic carbocycles. The highest BCUT2D eigenvalue weighted by Crippen LogP contribution is 2.15. The second-order valence-electron chi connectivity index (χ2n) is 6.29. The molecular formula is C20H26ClIN6O2. The molecule has 0 amide bonds. The van der Waals surface area contributed by atoms with E-state index in [0.29, 0.717) is 42.7 Å². The fourth-order valence-electron chi connectivity index (χ4n) is 2.60. The summed E-state index contributed by atoms with van der Waals surface area (Å²) in [5.74, 6) is 3.58. The summed E-state index contributed by atoms with van der Waals surface area (Å²) >= 11 is 5.89. The van der Waals surface area contributed by atoms with Crippen molar-refractivity contribution in [3.63, 3.8) is 0 Å². The molecular weight excluding hydrogens is 519 g/mol. The molecule has 0 unspecified atom stereocenters. The molecule has 8 nitrogen and oxygen atoms in total. The number of ether oxygens (including phenoxy) is 1. The fourth-order valence-corrected chi connectivity index (χ4v) is 2.72. The number of likely N-dealkylation sites (N-methyl/N-ethyl adjacent to an activating group) is 1. The van der Waals surface area contributed by atoms with Gasteiger partial charge >= 0.3 is 0 Å². The van der Waals surface area contributed by atoms with Gasteiger partial charge in [-0.15, -0.1) is 24.0 Å². The topological polar surface area (TPSA) is 91.6 Å². The van der Waals surface area contributed by atoms with Crippen LogP contribution in [0, 0.1) is 0 Å². The largest absolute Gasteiger partial charge is 0.492 e. The van der Waals surface area contributed by atoms with Crippen molar-refractivity contribution < 1.29 is 9.15 Å². The van der Waals surface area contributed by atoms with Gasteiger partial charge < -0.3 is 19.4 Å². The maximum atomic E-state index is 5.89. The number of guanidine groups is 1. The predicted octanol–water partition coefficient (Wildman–Crippen LogP) is 3.85. The number of halogens is 2. The first-order valence-electron chi connectivity index (χ1n) is 9.48. The minimum absolute atomic E-state index is 0. The maximum Gasteiger partial charge on any atom is 0.216 e. The zero-order valence-corrected chi connectivity index (χ0v) is 20.1. The zero-order chi connectivity index (χ0) is 20.5. The quantitative estimate of drug-likeness (QED) is 0.242. The van der Waals surface area contributed by atoms with Crippen molar-refractivity contribution in [3.8, 4) is 17.3 Å². The van der Waals surface area contributed by atoms with Crippen LogP contribution in [-0.2, 0) is 6.42 Å². The summed E-state index contributed by atoms with van der Waals surface area (Å²) in [7, 11) is 1.98. The molecule has 0 aliphatic rings. The van der Waals surface area contributed by atoms with Crippen molar-refractivity contribution >= 4 is 41.5 Å². The SMILES string of the molecule is CCNC(=NCCc1nc(-c2ccco2)n[nH]1)N(C)CCOc1ccc(Cl)cc1.I. The highest BCUT2D eigenvalue weighted by molar-refractivity contribution is 14.0. The Kier molecular flexibility index (Phi) is 9.95. The number of hydrogen-bond donors (Lipinski definition) is 2. The van der Waals surface area contributed by atoms with Gasteiger partial charge in [-0.25, -0.2) is 4.98 Å². The van der Waals surface area contributed by atoms with E-state index < -0.39 is 0 Å². The average Bonchev–Trinajstić information content (AvgIpc) is 3.40. The van der Waals surface area contributed by atoms with Crippen LogP contribution < -0.4 is 10.1 Å². The third kappa shape index (κ3) is 7.21. The Balaban J connectivity index is 0.00000320. The summed E-state index contributed by atoms with van der Waals surface area (Å²) in [6, 6.07) is 11.0. The lowest BCUT2D eigenvalue weighted by atomic mass is 10.3. The molecule has 0 bridgehead atoms. The zero-order valence-electron chi connectivity index (χ0n) is 17.0. The molecule has 0 aliphatic heterocycles. The molecule has 0 saturated carbocycles. The van der Waals surface area contributed by atoms with Crippen LogP contribution in [0.15, 0.2) is 52.1 Å².